The summed E-state index contributed by atoms with van der Waals surface area (Å²) in [5, 5.41) is 17.8. The van der Waals surface area contributed by atoms with E-state index in [0.29, 0.717) is 18.1 Å². The average molecular weight is 283 g/mol. The van der Waals surface area contributed by atoms with Crippen LogP contribution in [0.5, 0.6) is 11.5 Å². The minimum absolute atomic E-state index is 0.152. The Kier molecular flexibility index (Phi) is 7.46. The summed E-state index contributed by atoms with van der Waals surface area (Å²) >= 11 is 0. The number of ether oxygens (including phenoxy) is 2. The lowest BCUT2D eigenvalue weighted by atomic mass is 10.3. The van der Waals surface area contributed by atoms with Gasteiger partial charge in [0.15, 0.2) is 18.1 Å². The number of nitrogens with zero attached hydrogens (tertiary/aromatic N) is 1. The third-order valence-electron chi connectivity index (χ3n) is 2.59. The van der Waals surface area contributed by atoms with Crippen molar-refractivity contribution in [2.45, 2.75) is 6.92 Å². The molecule has 0 atom stereocenters. The second kappa shape index (κ2) is 9.17. The van der Waals surface area contributed by atoms with Gasteiger partial charge in [0.1, 0.15) is 0 Å². The van der Waals surface area contributed by atoms with Crippen LogP contribution in [0.15, 0.2) is 24.3 Å². The summed E-state index contributed by atoms with van der Waals surface area (Å²) in [5.41, 5.74) is 0. The van der Waals surface area contributed by atoms with Crippen LogP contribution in [0.1, 0.15) is 6.92 Å². The van der Waals surface area contributed by atoms with Crippen molar-refractivity contribution < 1.29 is 24.5 Å². The maximum absolute atomic E-state index is 11.9. The van der Waals surface area contributed by atoms with Crippen LogP contribution in [0.4, 0.5) is 0 Å². The van der Waals surface area contributed by atoms with Crippen LogP contribution >= 0.6 is 0 Å². The van der Waals surface area contributed by atoms with Gasteiger partial charge < -0.3 is 24.6 Å². The van der Waals surface area contributed by atoms with Crippen molar-refractivity contribution in [2.75, 3.05) is 39.5 Å². The second-order valence-corrected chi connectivity index (χ2v) is 4.00. The highest BCUT2D eigenvalue weighted by atomic mass is 16.5. The molecule has 0 radical (unpaired) electrons. The number of carbonyl (C=O) groups is 1. The molecule has 1 aromatic carbocycles. The lowest BCUT2D eigenvalue weighted by Gasteiger charge is -2.21. The van der Waals surface area contributed by atoms with Crippen LogP contribution in [0.3, 0.4) is 0 Å². The first-order valence-electron chi connectivity index (χ1n) is 6.57. The number of aliphatic hydroxyl groups is 2. The predicted octanol–water partition coefficient (Wildman–Crippen LogP) is 0.277. The van der Waals surface area contributed by atoms with Gasteiger partial charge in [-0.2, -0.15) is 0 Å². The normalized spacial score (nSPS) is 10.2. The van der Waals surface area contributed by atoms with Gasteiger partial charge in [-0.1, -0.05) is 12.1 Å². The number of aliphatic hydroxyl groups excluding tert-OH is 2. The van der Waals surface area contributed by atoms with E-state index in [9.17, 15) is 4.79 Å². The fourth-order valence-electron chi connectivity index (χ4n) is 1.68. The zero-order valence-electron chi connectivity index (χ0n) is 11.6. The predicted molar refractivity (Wildman–Crippen MR) is 73.9 cm³/mol. The van der Waals surface area contributed by atoms with Gasteiger partial charge in [0, 0.05) is 13.1 Å². The molecular weight excluding hydrogens is 262 g/mol. The fraction of sp³-hybridized carbons (Fsp3) is 0.500. The van der Waals surface area contributed by atoms with Crippen molar-refractivity contribution in [3.05, 3.63) is 24.3 Å². The van der Waals surface area contributed by atoms with Gasteiger partial charge in [-0.15, -0.1) is 0 Å². The zero-order chi connectivity index (χ0) is 14.8. The molecule has 0 fully saturated rings. The molecule has 0 aromatic heterocycles. The van der Waals surface area contributed by atoms with Crippen LogP contribution in [0.25, 0.3) is 0 Å². The van der Waals surface area contributed by atoms with E-state index in [1.165, 1.54) is 4.90 Å². The molecule has 0 bridgehead atoms. The van der Waals surface area contributed by atoms with Gasteiger partial charge in [0.2, 0.25) is 0 Å². The zero-order valence-corrected chi connectivity index (χ0v) is 11.6. The van der Waals surface area contributed by atoms with Crippen molar-refractivity contribution in [3.8, 4) is 11.5 Å². The van der Waals surface area contributed by atoms with Crippen LogP contribution in [-0.4, -0.2) is 60.5 Å². The van der Waals surface area contributed by atoms with Crippen molar-refractivity contribution in [1.29, 1.82) is 0 Å². The lowest BCUT2D eigenvalue weighted by molar-refractivity contribution is -0.134. The highest BCUT2D eigenvalue weighted by Crippen LogP contribution is 2.26. The Morgan fingerprint density at radius 3 is 2.15 bits per heavy atom. The van der Waals surface area contributed by atoms with Gasteiger partial charge in [-0.3, -0.25) is 4.79 Å². The number of carbonyl (C=O) groups excluding carboxylic acids is 1. The summed E-state index contributed by atoms with van der Waals surface area (Å²) in [6.45, 7) is 2.26. The van der Waals surface area contributed by atoms with Crippen molar-refractivity contribution in [2.24, 2.45) is 0 Å². The molecule has 0 spiro atoms. The molecule has 0 aliphatic rings. The Hall–Kier alpha value is -1.79. The van der Waals surface area contributed by atoms with Crippen LogP contribution in [-0.2, 0) is 4.79 Å². The largest absolute Gasteiger partial charge is 0.490 e. The van der Waals surface area contributed by atoms with Crippen molar-refractivity contribution >= 4 is 5.91 Å². The number of rotatable bonds is 9. The standard InChI is InChI=1S/C14H21NO5/c1-2-19-12-5-3-4-6-13(12)20-11-14(18)15(7-9-16)8-10-17/h3-6,16-17H,2,7-11H2,1H3. The molecule has 112 valence electrons. The van der Waals surface area contributed by atoms with Crippen molar-refractivity contribution in [3.63, 3.8) is 0 Å². The number of amides is 1. The van der Waals surface area contributed by atoms with Gasteiger partial charge in [0.25, 0.3) is 5.91 Å². The molecule has 0 saturated carbocycles. The molecule has 1 amide bonds. The minimum atomic E-state index is -0.292. The van der Waals surface area contributed by atoms with Crippen LogP contribution < -0.4 is 9.47 Å². The minimum Gasteiger partial charge on any atom is -0.490 e. The SMILES string of the molecule is CCOc1ccccc1OCC(=O)N(CCO)CCO. The van der Waals surface area contributed by atoms with E-state index in [2.05, 4.69) is 0 Å². The Morgan fingerprint density at radius 2 is 1.65 bits per heavy atom. The summed E-state index contributed by atoms with van der Waals surface area (Å²) in [6, 6.07) is 7.11. The molecule has 20 heavy (non-hydrogen) atoms. The molecule has 0 aliphatic heterocycles. The smallest absolute Gasteiger partial charge is 0.260 e. The topological polar surface area (TPSA) is 79.2 Å². The molecular formula is C14H21NO5. The third-order valence-corrected chi connectivity index (χ3v) is 2.59. The first-order chi connectivity index (χ1) is 9.72. The van der Waals surface area contributed by atoms with Gasteiger partial charge in [-0.05, 0) is 19.1 Å². The fourth-order valence-corrected chi connectivity index (χ4v) is 1.68. The molecule has 0 unspecified atom stereocenters. The summed E-state index contributed by atoms with van der Waals surface area (Å²) in [4.78, 5) is 13.3. The van der Waals surface area contributed by atoms with Gasteiger partial charge >= 0.3 is 0 Å². The highest BCUT2D eigenvalue weighted by Gasteiger charge is 2.14. The molecule has 6 nitrogen and oxygen atoms in total. The molecule has 0 saturated heterocycles. The molecule has 6 heteroatoms. The second-order valence-electron chi connectivity index (χ2n) is 4.00. The van der Waals surface area contributed by atoms with E-state index in [0.717, 1.165) is 0 Å². The van der Waals surface area contributed by atoms with E-state index < -0.39 is 0 Å². The maximum atomic E-state index is 11.9. The van der Waals surface area contributed by atoms with Crippen LogP contribution in [0, 0.1) is 0 Å². The molecule has 0 heterocycles. The quantitative estimate of drug-likeness (QED) is 0.680. The number of hydrogen-bond acceptors (Lipinski definition) is 5. The van der Waals surface area contributed by atoms with E-state index in [-0.39, 0.29) is 38.8 Å². The third kappa shape index (κ3) is 5.07. The number of para-hydroxylation sites is 2. The Labute approximate surface area is 118 Å². The Balaban J connectivity index is 2.59. The average Bonchev–Trinajstić information content (AvgIpc) is 2.46. The van der Waals surface area contributed by atoms with Crippen LogP contribution in [0.2, 0.25) is 0 Å². The summed E-state index contributed by atoms with van der Waals surface area (Å²) in [6.07, 6.45) is 0. The van der Waals surface area contributed by atoms with E-state index >= 15 is 0 Å². The molecule has 2 N–H and O–H groups in total. The summed E-state index contributed by atoms with van der Waals surface area (Å²) in [5.74, 6) is 0.786. The summed E-state index contributed by atoms with van der Waals surface area (Å²) in [7, 11) is 0. The van der Waals surface area contributed by atoms with E-state index in [1.807, 2.05) is 13.0 Å². The van der Waals surface area contributed by atoms with E-state index in [4.69, 9.17) is 19.7 Å². The Morgan fingerprint density at radius 1 is 1.10 bits per heavy atom. The molecule has 1 rings (SSSR count). The van der Waals surface area contributed by atoms with Gasteiger partial charge in [-0.25, -0.2) is 0 Å². The lowest BCUT2D eigenvalue weighted by Crippen LogP contribution is -2.38. The number of hydrogen-bond donors (Lipinski definition) is 2. The molecule has 1 aromatic rings. The first-order valence-corrected chi connectivity index (χ1v) is 6.57. The first kappa shape index (κ1) is 16.3. The molecule has 0 aliphatic carbocycles. The highest BCUT2D eigenvalue weighted by molar-refractivity contribution is 5.77. The monoisotopic (exact) mass is 283 g/mol. The number of benzene rings is 1. The van der Waals surface area contributed by atoms with Gasteiger partial charge in [0.05, 0.1) is 19.8 Å². The Bertz CT molecular complexity index is 404. The summed E-state index contributed by atoms with van der Waals surface area (Å²) < 4.78 is 10.8. The van der Waals surface area contributed by atoms with Crippen molar-refractivity contribution in [1.82, 2.24) is 4.90 Å². The maximum Gasteiger partial charge on any atom is 0.260 e. The van der Waals surface area contributed by atoms with E-state index in [1.54, 1.807) is 18.2 Å².